The summed E-state index contributed by atoms with van der Waals surface area (Å²) in [6.45, 7) is 5.08. The van der Waals surface area contributed by atoms with Crippen LogP contribution in [0, 0.1) is 0 Å². The van der Waals surface area contributed by atoms with Gasteiger partial charge < -0.3 is 14.4 Å². The van der Waals surface area contributed by atoms with E-state index >= 15 is 0 Å². The van der Waals surface area contributed by atoms with Gasteiger partial charge in [-0.3, -0.25) is 14.4 Å². The number of hydrogen-bond donors (Lipinski definition) is 0. The summed E-state index contributed by atoms with van der Waals surface area (Å²) in [6, 6.07) is 13.4. The quantitative estimate of drug-likeness (QED) is 0.600. The third-order valence-corrected chi connectivity index (χ3v) is 6.32. The highest BCUT2D eigenvalue weighted by Crippen LogP contribution is 2.29. The molecule has 0 N–H and O–H groups in total. The summed E-state index contributed by atoms with van der Waals surface area (Å²) < 4.78 is 11.0. The standard InChI is InChI=1S/C26H30N2O5/c1-17(2)18-9-11-20(12-10-18)28-24(29)15-23(26(28)31)27(16-22-8-5-13-33-22)25(30)19-6-4-7-21(14-19)32-3/h4,6-7,9-12,14,17,22-23H,5,8,13,15-16H2,1-3H3. The molecule has 2 unspecified atom stereocenters. The Morgan fingerprint density at radius 3 is 2.58 bits per heavy atom. The Bertz CT molecular complexity index is 1030. The summed E-state index contributed by atoms with van der Waals surface area (Å²) in [5.41, 5.74) is 2.07. The van der Waals surface area contributed by atoms with Gasteiger partial charge in [0.15, 0.2) is 0 Å². The first kappa shape index (κ1) is 23.0. The van der Waals surface area contributed by atoms with E-state index in [1.807, 2.05) is 12.1 Å². The lowest BCUT2D eigenvalue weighted by atomic mass is 10.0. The fourth-order valence-electron chi connectivity index (χ4n) is 4.42. The highest BCUT2D eigenvalue weighted by molar-refractivity contribution is 6.23. The Kier molecular flexibility index (Phi) is 6.79. The second-order valence-electron chi connectivity index (χ2n) is 8.86. The van der Waals surface area contributed by atoms with Crippen LogP contribution in [0.5, 0.6) is 5.75 Å². The molecule has 174 valence electrons. The summed E-state index contributed by atoms with van der Waals surface area (Å²) in [6.07, 6.45) is 1.53. The van der Waals surface area contributed by atoms with E-state index in [1.165, 1.54) is 16.9 Å². The van der Waals surface area contributed by atoms with Crippen molar-refractivity contribution < 1.29 is 23.9 Å². The average molecular weight is 451 g/mol. The molecule has 7 nitrogen and oxygen atoms in total. The van der Waals surface area contributed by atoms with Gasteiger partial charge in [0.05, 0.1) is 25.3 Å². The Labute approximate surface area is 194 Å². The van der Waals surface area contributed by atoms with Gasteiger partial charge in [-0.2, -0.15) is 0 Å². The fraction of sp³-hybridized carbons (Fsp3) is 0.423. The first-order valence-corrected chi connectivity index (χ1v) is 11.4. The number of imide groups is 1. The second kappa shape index (κ2) is 9.75. The molecule has 2 aromatic rings. The van der Waals surface area contributed by atoms with Crippen molar-refractivity contribution >= 4 is 23.4 Å². The molecule has 7 heteroatoms. The summed E-state index contributed by atoms with van der Waals surface area (Å²) in [7, 11) is 1.54. The first-order chi connectivity index (χ1) is 15.9. The van der Waals surface area contributed by atoms with Crippen LogP contribution < -0.4 is 9.64 Å². The highest BCUT2D eigenvalue weighted by atomic mass is 16.5. The molecule has 3 amide bonds. The second-order valence-corrected chi connectivity index (χ2v) is 8.86. The number of anilines is 1. The number of carbonyl (C=O) groups excluding carboxylic acids is 3. The smallest absolute Gasteiger partial charge is 0.257 e. The minimum atomic E-state index is -0.870. The molecular weight excluding hydrogens is 420 g/mol. The van der Waals surface area contributed by atoms with Crippen molar-refractivity contribution in [2.24, 2.45) is 0 Å². The molecule has 2 aromatic carbocycles. The lowest BCUT2D eigenvalue weighted by Crippen LogP contribution is -2.48. The predicted octanol–water partition coefficient (Wildman–Crippen LogP) is 3.77. The van der Waals surface area contributed by atoms with E-state index in [-0.39, 0.29) is 36.8 Å². The average Bonchev–Trinajstić information content (AvgIpc) is 3.44. The number of rotatable bonds is 7. The maximum atomic E-state index is 13.5. The monoisotopic (exact) mass is 450 g/mol. The Morgan fingerprint density at radius 2 is 1.94 bits per heavy atom. The molecule has 0 aliphatic carbocycles. The van der Waals surface area contributed by atoms with Gasteiger partial charge in [-0.05, 0) is 54.7 Å². The van der Waals surface area contributed by atoms with Gasteiger partial charge in [-0.1, -0.05) is 32.0 Å². The van der Waals surface area contributed by atoms with Crippen LogP contribution in [0.25, 0.3) is 0 Å². The van der Waals surface area contributed by atoms with Gasteiger partial charge in [0.25, 0.3) is 11.8 Å². The number of ether oxygens (including phenoxy) is 2. The van der Waals surface area contributed by atoms with E-state index in [0.717, 1.165) is 18.4 Å². The fourth-order valence-corrected chi connectivity index (χ4v) is 4.42. The van der Waals surface area contributed by atoms with E-state index in [4.69, 9.17) is 9.47 Å². The summed E-state index contributed by atoms with van der Waals surface area (Å²) >= 11 is 0. The molecular formula is C26H30N2O5. The van der Waals surface area contributed by atoms with Crippen molar-refractivity contribution in [1.29, 1.82) is 0 Å². The van der Waals surface area contributed by atoms with Crippen molar-refractivity contribution in [1.82, 2.24) is 4.90 Å². The van der Waals surface area contributed by atoms with Crippen molar-refractivity contribution in [3.8, 4) is 5.75 Å². The molecule has 0 spiro atoms. The van der Waals surface area contributed by atoms with Crippen molar-refractivity contribution in [2.45, 2.75) is 51.2 Å². The van der Waals surface area contributed by atoms with Gasteiger partial charge >= 0.3 is 0 Å². The van der Waals surface area contributed by atoms with Crippen LogP contribution >= 0.6 is 0 Å². The Hall–Kier alpha value is -3.19. The maximum Gasteiger partial charge on any atom is 0.257 e. The molecule has 4 rings (SSSR count). The third kappa shape index (κ3) is 4.78. The highest BCUT2D eigenvalue weighted by Gasteiger charge is 2.45. The molecule has 0 aromatic heterocycles. The van der Waals surface area contributed by atoms with Crippen LogP contribution in [0.3, 0.4) is 0 Å². The number of hydrogen-bond acceptors (Lipinski definition) is 5. The molecule has 0 saturated carbocycles. The van der Waals surface area contributed by atoms with Crippen LogP contribution in [-0.4, -0.2) is 55.0 Å². The van der Waals surface area contributed by atoms with E-state index in [0.29, 0.717) is 29.5 Å². The lowest BCUT2D eigenvalue weighted by Gasteiger charge is -2.30. The van der Waals surface area contributed by atoms with Crippen molar-refractivity contribution in [2.75, 3.05) is 25.2 Å². The molecule has 0 bridgehead atoms. The number of nitrogens with zero attached hydrogens (tertiary/aromatic N) is 2. The van der Waals surface area contributed by atoms with Gasteiger partial charge in [0, 0.05) is 18.7 Å². The summed E-state index contributed by atoms with van der Waals surface area (Å²) in [5, 5.41) is 0. The number of benzene rings is 2. The zero-order valence-electron chi connectivity index (χ0n) is 19.3. The Morgan fingerprint density at radius 1 is 1.18 bits per heavy atom. The molecule has 2 heterocycles. The van der Waals surface area contributed by atoms with Crippen LogP contribution in [-0.2, 0) is 14.3 Å². The van der Waals surface area contributed by atoms with Gasteiger partial charge in [-0.25, -0.2) is 4.90 Å². The predicted molar refractivity (Wildman–Crippen MR) is 124 cm³/mol. The zero-order chi connectivity index (χ0) is 23.5. The van der Waals surface area contributed by atoms with Gasteiger partial charge in [-0.15, -0.1) is 0 Å². The minimum Gasteiger partial charge on any atom is -0.497 e. The normalized spacial score (nSPS) is 20.5. The number of methoxy groups -OCH3 is 1. The van der Waals surface area contributed by atoms with Crippen LogP contribution in [0.4, 0.5) is 5.69 Å². The SMILES string of the molecule is COc1cccc(C(=O)N(CC2CCCO2)C2CC(=O)N(c3ccc(C(C)C)cc3)C2=O)c1. The van der Waals surface area contributed by atoms with Crippen LogP contribution in [0.2, 0.25) is 0 Å². The maximum absolute atomic E-state index is 13.5. The molecule has 2 saturated heterocycles. The van der Waals surface area contributed by atoms with Crippen LogP contribution in [0.1, 0.15) is 54.9 Å². The van der Waals surface area contributed by atoms with Crippen molar-refractivity contribution in [3.05, 3.63) is 59.7 Å². The first-order valence-electron chi connectivity index (χ1n) is 11.4. The molecule has 33 heavy (non-hydrogen) atoms. The third-order valence-electron chi connectivity index (χ3n) is 6.32. The topological polar surface area (TPSA) is 76.2 Å². The lowest BCUT2D eigenvalue weighted by molar-refractivity contribution is -0.122. The largest absolute Gasteiger partial charge is 0.497 e. The Balaban J connectivity index is 1.62. The van der Waals surface area contributed by atoms with E-state index in [9.17, 15) is 14.4 Å². The molecule has 2 fully saturated rings. The van der Waals surface area contributed by atoms with E-state index in [2.05, 4.69) is 13.8 Å². The van der Waals surface area contributed by atoms with Crippen LogP contribution in [0.15, 0.2) is 48.5 Å². The summed E-state index contributed by atoms with van der Waals surface area (Å²) in [5.74, 6) is -0.102. The van der Waals surface area contributed by atoms with E-state index in [1.54, 1.807) is 36.4 Å². The number of carbonyl (C=O) groups is 3. The number of amides is 3. The molecule has 2 aliphatic heterocycles. The summed E-state index contributed by atoms with van der Waals surface area (Å²) in [4.78, 5) is 42.6. The molecule has 2 aliphatic rings. The molecule has 0 radical (unpaired) electrons. The van der Waals surface area contributed by atoms with Gasteiger partial charge in [0.2, 0.25) is 5.91 Å². The van der Waals surface area contributed by atoms with E-state index < -0.39 is 6.04 Å². The van der Waals surface area contributed by atoms with Crippen molar-refractivity contribution in [3.63, 3.8) is 0 Å². The minimum absolute atomic E-state index is 0.0484. The molecule has 2 atom stereocenters. The zero-order valence-corrected chi connectivity index (χ0v) is 19.3. The van der Waals surface area contributed by atoms with Gasteiger partial charge in [0.1, 0.15) is 11.8 Å².